The maximum atomic E-state index is 9.87. The van der Waals surface area contributed by atoms with E-state index >= 15 is 0 Å². The van der Waals surface area contributed by atoms with Crippen molar-refractivity contribution >= 4 is 0 Å². The molecule has 0 aromatic rings. The van der Waals surface area contributed by atoms with E-state index in [0.29, 0.717) is 19.1 Å². The zero-order chi connectivity index (χ0) is 10.8. The molecule has 1 saturated heterocycles. The number of ether oxygens (including phenoxy) is 1. The van der Waals surface area contributed by atoms with Gasteiger partial charge in [-0.2, -0.15) is 0 Å². The maximum absolute atomic E-state index is 9.87. The molecule has 0 saturated carbocycles. The van der Waals surface area contributed by atoms with Gasteiger partial charge in [0, 0.05) is 25.7 Å². The van der Waals surface area contributed by atoms with Crippen LogP contribution in [0.2, 0.25) is 0 Å². The predicted octanol–water partition coefficient (Wildman–Crippen LogP) is -0.195. The lowest BCUT2D eigenvalue weighted by Crippen LogP contribution is -2.54. The van der Waals surface area contributed by atoms with Gasteiger partial charge >= 0.3 is 0 Å². The minimum Gasteiger partial charge on any atom is -0.388 e. The van der Waals surface area contributed by atoms with E-state index in [9.17, 15) is 5.11 Å². The molecule has 4 nitrogen and oxygen atoms in total. The lowest BCUT2D eigenvalue weighted by atomic mass is 10.0. The van der Waals surface area contributed by atoms with Crippen LogP contribution >= 0.6 is 0 Å². The Morgan fingerprint density at radius 3 is 2.79 bits per heavy atom. The molecule has 4 heteroatoms. The van der Waals surface area contributed by atoms with Gasteiger partial charge in [0.05, 0.1) is 18.3 Å². The standard InChI is InChI=1S/C10H22N2O2/c1-8-5-14-9(2)4-12(8)7-10(3,13)6-11/h8-9,13H,4-7,11H2,1-3H3. The first-order chi connectivity index (χ1) is 6.44. The van der Waals surface area contributed by atoms with E-state index in [1.165, 1.54) is 0 Å². The minimum atomic E-state index is -0.786. The fraction of sp³-hybridized carbons (Fsp3) is 1.00. The molecule has 1 aliphatic rings. The van der Waals surface area contributed by atoms with Crippen LogP contribution in [0.3, 0.4) is 0 Å². The molecule has 3 N–H and O–H groups in total. The van der Waals surface area contributed by atoms with Crippen molar-refractivity contribution in [3.63, 3.8) is 0 Å². The van der Waals surface area contributed by atoms with E-state index in [0.717, 1.165) is 13.2 Å². The average Bonchev–Trinajstić information content (AvgIpc) is 2.11. The lowest BCUT2D eigenvalue weighted by Gasteiger charge is -2.40. The Bertz CT molecular complexity index is 185. The molecule has 3 atom stereocenters. The smallest absolute Gasteiger partial charge is 0.0867 e. The summed E-state index contributed by atoms with van der Waals surface area (Å²) in [5, 5.41) is 9.87. The summed E-state index contributed by atoms with van der Waals surface area (Å²) in [4.78, 5) is 2.24. The summed E-state index contributed by atoms with van der Waals surface area (Å²) in [6.07, 6.45) is 0.250. The Morgan fingerprint density at radius 1 is 1.57 bits per heavy atom. The first-order valence-corrected chi connectivity index (χ1v) is 5.23. The van der Waals surface area contributed by atoms with Crippen molar-refractivity contribution in [1.29, 1.82) is 0 Å². The SMILES string of the molecule is CC1CN(CC(C)(O)CN)C(C)CO1. The number of nitrogens with two attached hydrogens (primary N) is 1. The van der Waals surface area contributed by atoms with Gasteiger partial charge in [0.1, 0.15) is 0 Å². The highest BCUT2D eigenvalue weighted by Crippen LogP contribution is 2.14. The molecule has 14 heavy (non-hydrogen) atoms. The molecule has 0 amide bonds. The van der Waals surface area contributed by atoms with E-state index in [-0.39, 0.29) is 6.10 Å². The zero-order valence-corrected chi connectivity index (χ0v) is 9.36. The highest BCUT2D eigenvalue weighted by Gasteiger charge is 2.29. The summed E-state index contributed by atoms with van der Waals surface area (Å²) in [7, 11) is 0. The average molecular weight is 202 g/mol. The fourth-order valence-electron chi connectivity index (χ4n) is 1.69. The van der Waals surface area contributed by atoms with Gasteiger partial charge in [0.2, 0.25) is 0 Å². The molecular weight excluding hydrogens is 180 g/mol. The van der Waals surface area contributed by atoms with Crippen LogP contribution in [0.1, 0.15) is 20.8 Å². The first-order valence-electron chi connectivity index (χ1n) is 5.23. The summed E-state index contributed by atoms with van der Waals surface area (Å²) >= 11 is 0. The Hall–Kier alpha value is -0.160. The van der Waals surface area contributed by atoms with Crippen molar-refractivity contribution in [3.8, 4) is 0 Å². The number of aliphatic hydroxyl groups is 1. The molecule has 0 bridgehead atoms. The summed E-state index contributed by atoms with van der Waals surface area (Å²) in [5.41, 5.74) is 4.71. The van der Waals surface area contributed by atoms with Crippen LogP contribution in [0.25, 0.3) is 0 Å². The number of morpholine rings is 1. The van der Waals surface area contributed by atoms with Gasteiger partial charge in [-0.25, -0.2) is 0 Å². The summed E-state index contributed by atoms with van der Waals surface area (Å²) in [6.45, 7) is 8.47. The van der Waals surface area contributed by atoms with E-state index in [2.05, 4.69) is 18.7 Å². The second kappa shape index (κ2) is 4.57. The van der Waals surface area contributed by atoms with Gasteiger partial charge in [-0.05, 0) is 20.8 Å². The molecule has 1 aliphatic heterocycles. The quantitative estimate of drug-likeness (QED) is 0.666. The number of rotatable bonds is 3. The highest BCUT2D eigenvalue weighted by atomic mass is 16.5. The first kappa shape index (κ1) is 11.9. The molecule has 0 aromatic carbocycles. The topological polar surface area (TPSA) is 58.7 Å². The van der Waals surface area contributed by atoms with Crippen molar-refractivity contribution in [2.45, 2.75) is 38.5 Å². The second-order valence-electron chi connectivity index (χ2n) is 4.62. The highest BCUT2D eigenvalue weighted by molar-refractivity contribution is 4.84. The Balaban J connectivity index is 2.49. The number of nitrogens with zero attached hydrogens (tertiary/aromatic N) is 1. The van der Waals surface area contributed by atoms with Crippen LogP contribution in [-0.2, 0) is 4.74 Å². The normalized spacial score (nSPS) is 34.1. The fourth-order valence-corrected chi connectivity index (χ4v) is 1.69. The van der Waals surface area contributed by atoms with Gasteiger partial charge < -0.3 is 15.6 Å². The largest absolute Gasteiger partial charge is 0.388 e. The molecule has 0 aliphatic carbocycles. The molecule has 0 radical (unpaired) electrons. The van der Waals surface area contributed by atoms with Crippen LogP contribution < -0.4 is 5.73 Å². The van der Waals surface area contributed by atoms with Crippen LogP contribution in [0, 0.1) is 0 Å². The molecule has 3 unspecified atom stereocenters. The number of β-amino-alcohol motifs (C(OH)–C–C–N with tert-alkyl or cyclic N) is 1. The van der Waals surface area contributed by atoms with Crippen molar-refractivity contribution in [3.05, 3.63) is 0 Å². The van der Waals surface area contributed by atoms with E-state index in [4.69, 9.17) is 10.5 Å². The van der Waals surface area contributed by atoms with Crippen LogP contribution in [0.5, 0.6) is 0 Å². The molecule has 84 valence electrons. The third kappa shape index (κ3) is 3.20. The number of hydrogen-bond acceptors (Lipinski definition) is 4. The zero-order valence-electron chi connectivity index (χ0n) is 9.36. The molecule has 1 fully saturated rings. The van der Waals surface area contributed by atoms with Crippen molar-refractivity contribution in [1.82, 2.24) is 4.90 Å². The lowest BCUT2D eigenvalue weighted by molar-refractivity contribution is -0.0769. The molecule has 0 aromatic heterocycles. The predicted molar refractivity (Wildman–Crippen MR) is 56.1 cm³/mol. The summed E-state index contributed by atoms with van der Waals surface area (Å²) in [6, 6.07) is 0.365. The van der Waals surface area contributed by atoms with Crippen molar-refractivity contribution in [2.75, 3.05) is 26.2 Å². The van der Waals surface area contributed by atoms with Gasteiger partial charge in [0.25, 0.3) is 0 Å². The molecule has 1 rings (SSSR count). The van der Waals surface area contributed by atoms with Gasteiger partial charge in [0.15, 0.2) is 0 Å². The van der Waals surface area contributed by atoms with E-state index in [1.54, 1.807) is 6.92 Å². The minimum absolute atomic E-state index is 0.250. The van der Waals surface area contributed by atoms with Gasteiger partial charge in [-0.15, -0.1) is 0 Å². The van der Waals surface area contributed by atoms with Crippen LogP contribution in [-0.4, -0.2) is 54.0 Å². The van der Waals surface area contributed by atoms with E-state index < -0.39 is 5.60 Å². The number of hydrogen-bond donors (Lipinski definition) is 2. The molecular formula is C10H22N2O2. The monoisotopic (exact) mass is 202 g/mol. The maximum Gasteiger partial charge on any atom is 0.0867 e. The second-order valence-corrected chi connectivity index (χ2v) is 4.62. The van der Waals surface area contributed by atoms with Gasteiger partial charge in [-0.3, -0.25) is 4.90 Å². The summed E-state index contributed by atoms with van der Waals surface area (Å²) in [5.74, 6) is 0. The third-order valence-electron chi connectivity index (χ3n) is 2.72. The van der Waals surface area contributed by atoms with Crippen LogP contribution in [0.4, 0.5) is 0 Å². The van der Waals surface area contributed by atoms with Crippen molar-refractivity contribution in [2.24, 2.45) is 5.73 Å². The third-order valence-corrected chi connectivity index (χ3v) is 2.72. The van der Waals surface area contributed by atoms with Gasteiger partial charge in [-0.1, -0.05) is 0 Å². The van der Waals surface area contributed by atoms with E-state index in [1.807, 2.05) is 0 Å². The van der Waals surface area contributed by atoms with Crippen LogP contribution in [0.15, 0.2) is 0 Å². The Morgan fingerprint density at radius 2 is 2.21 bits per heavy atom. The Labute approximate surface area is 86.0 Å². The molecule has 0 spiro atoms. The Kier molecular flexibility index (Phi) is 3.89. The summed E-state index contributed by atoms with van der Waals surface area (Å²) < 4.78 is 5.51. The van der Waals surface area contributed by atoms with Crippen molar-refractivity contribution < 1.29 is 9.84 Å². The molecule has 1 heterocycles.